The zero-order chi connectivity index (χ0) is 18.8. The summed E-state index contributed by atoms with van der Waals surface area (Å²) >= 11 is 0. The lowest BCUT2D eigenvalue weighted by molar-refractivity contribution is -0.116. The Bertz CT molecular complexity index is 911. The second-order valence-corrected chi connectivity index (χ2v) is 8.08. The van der Waals surface area contributed by atoms with Crippen LogP contribution in [0.2, 0.25) is 0 Å². The molecule has 134 valence electrons. The van der Waals surface area contributed by atoms with Crippen LogP contribution in [0.5, 0.6) is 0 Å². The number of nitrogens with zero attached hydrogens (tertiary/aromatic N) is 1. The molecule has 0 aromatic heterocycles. The Morgan fingerprint density at radius 1 is 1.08 bits per heavy atom. The van der Waals surface area contributed by atoms with E-state index in [1.807, 2.05) is 13.8 Å². The summed E-state index contributed by atoms with van der Waals surface area (Å²) in [6.45, 7) is 5.06. The number of benzene rings is 2. The first kappa shape index (κ1) is 19.1. The number of halogens is 1. The molecule has 2 rings (SSSR count). The molecule has 0 fully saturated rings. The second-order valence-electron chi connectivity index (χ2n) is 6.04. The predicted octanol–water partition coefficient (Wildman–Crippen LogP) is 3.01. The molecule has 0 aliphatic heterocycles. The van der Waals surface area contributed by atoms with E-state index in [0.29, 0.717) is 0 Å². The van der Waals surface area contributed by atoms with E-state index in [0.717, 1.165) is 21.0 Å². The van der Waals surface area contributed by atoms with Gasteiger partial charge in [-0.15, -0.1) is 0 Å². The van der Waals surface area contributed by atoms with Crippen molar-refractivity contribution in [2.75, 3.05) is 18.9 Å². The number of anilines is 1. The molecule has 1 amide bonds. The van der Waals surface area contributed by atoms with Gasteiger partial charge < -0.3 is 5.32 Å². The monoisotopic (exact) mass is 364 g/mol. The van der Waals surface area contributed by atoms with Crippen LogP contribution >= 0.6 is 0 Å². The average Bonchev–Trinajstić information content (AvgIpc) is 2.53. The zero-order valence-electron chi connectivity index (χ0n) is 14.6. The van der Waals surface area contributed by atoms with Crippen molar-refractivity contribution >= 4 is 21.6 Å². The molecular formula is C18H21FN2O3S. The highest BCUT2D eigenvalue weighted by atomic mass is 32.2. The topological polar surface area (TPSA) is 66.5 Å². The van der Waals surface area contributed by atoms with Gasteiger partial charge in [-0.05, 0) is 61.7 Å². The third-order valence-electron chi connectivity index (χ3n) is 3.95. The van der Waals surface area contributed by atoms with Gasteiger partial charge in [0.2, 0.25) is 15.9 Å². The smallest absolute Gasteiger partial charge is 0.243 e. The van der Waals surface area contributed by atoms with Gasteiger partial charge in [-0.3, -0.25) is 4.79 Å². The molecule has 1 N–H and O–H groups in total. The van der Waals surface area contributed by atoms with Gasteiger partial charge in [-0.25, -0.2) is 12.8 Å². The van der Waals surface area contributed by atoms with E-state index >= 15 is 0 Å². The predicted molar refractivity (Wildman–Crippen MR) is 95.5 cm³/mol. The molecule has 0 bridgehead atoms. The highest BCUT2D eigenvalue weighted by molar-refractivity contribution is 7.89. The standard InChI is InChI=1S/C18H21FN2O3S/c1-12-5-8-16(19)17(9-12)20-18(22)11-21(4)25(23,24)15-7-6-13(2)14(3)10-15/h5-10H,11H2,1-4H3,(H,20,22). The van der Waals surface area contributed by atoms with Crippen molar-refractivity contribution in [3.8, 4) is 0 Å². The van der Waals surface area contributed by atoms with E-state index in [1.165, 1.54) is 25.2 Å². The molecule has 0 unspecified atom stereocenters. The summed E-state index contributed by atoms with van der Waals surface area (Å²) in [5.41, 5.74) is 2.64. The van der Waals surface area contributed by atoms with Crippen LogP contribution in [0.1, 0.15) is 16.7 Å². The maximum absolute atomic E-state index is 13.7. The first-order valence-electron chi connectivity index (χ1n) is 7.71. The van der Waals surface area contributed by atoms with Crippen LogP contribution in [0, 0.1) is 26.6 Å². The van der Waals surface area contributed by atoms with Gasteiger partial charge in [-0.1, -0.05) is 12.1 Å². The normalized spacial score (nSPS) is 11.6. The van der Waals surface area contributed by atoms with Crippen molar-refractivity contribution in [1.82, 2.24) is 4.31 Å². The summed E-state index contributed by atoms with van der Waals surface area (Å²) in [4.78, 5) is 12.2. The van der Waals surface area contributed by atoms with Crippen molar-refractivity contribution in [3.63, 3.8) is 0 Å². The Labute approximate surface area is 147 Å². The number of likely N-dealkylation sites (N-methyl/N-ethyl adjacent to an activating group) is 1. The SMILES string of the molecule is Cc1ccc(F)c(NC(=O)CN(C)S(=O)(=O)c2ccc(C)c(C)c2)c1. The Kier molecular flexibility index (Phi) is 5.59. The fourth-order valence-corrected chi connectivity index (χ4v) is 3.48. The van der Waals surface area contributed by atoms with E-state index in [-0.39, 0.29) is 10.6 Å². The quantitative estimate of drug-likeness (QED) is 0.887. The number of sulfonamides is 1. The molecule has 25 heavy (non-hydrogen) atoms. The fraction of sp³-hybridized carbons (Fsp3) is 0.278. The lowest BCUT2D eigenvalue weighted by Crippen LogP contribution is -2.35. The number of nitrogens with one attached hydrogen (secondary N) is 1. The molecule has 0 atom stereocenters. The Balaban J connectivity index is 2.14. The van der Waals surface area contributed by atoms with Crippen molar-refractivity contribution < 1.29 is 17.6 Å². The summed E-state index contributed by atoms with van der Waals surface area (Å²) in [5, 5.41) is 2.41. The summed E-state index contributed by atoms with van der Waals surface area (Å²) < 4.78 is 39.8. The molecule has 2 aromatic carbocycles. The molecule has 0 spiro atoms. The van der Waals surface area contributed by atoms with Gasteiger partial charge in [-0.2, -0.15) is 4.31 Å². The zero-order valence-corrected chi connectivity index (χ0v) is 15.4. The van der Waals surface area contributed by atoms with Crippen molar-refractivity contribution in [3.05, 3.63) is 58.9 Å². The molecule has 5 nitrogen and oxygen atoms in total. The van der Waals surface area contributed by atoms with E-state index in [1.54, 1.807) is 25.1 Å². The fourth-order valence-electron chi connectivity index (χ4n) is 2.27. The van der Waals surface area contributed by atoms with E-state index in [9.17, 15) is 17.6 Å². The minimum absolute atomic E-state index is 0.0296. The van der Waals surface area contributed by atoms with E-state index in [2.05, 4.69) is 5.32 Å². The van der Waals surface area contributed by atoms with Gasteiger partial charge in [0.15, 0.2) is 0 Å². The van der Waals surface area contributed by atoms with Gasteiger partial charge in [0.05, 0.1) is 17.1 Å². The lowest BCUT2D eigenvalue weighted by Gasteiger charge is -2.18. The van der Waals surface area contributed by atoms with Crippen molar-refractivity contribution in [1.29, 1.82) is 0 Å². The number of amides is 1. The summed E-state index contributed by atoms with van der Waals surface area (Å²) in [5.74, 6) is -1.18. The molecular weight excluding hydrogens is 343 g/mol. The number of carbonyl (C=O) groups is 1. The third kappa shape index (κ3) is 4.43. The number of aryl methyl sites for hydroxylation is 3. The molecule has 7 heteroatoms. The number of rotatable bonds is 5. The number of hydrogen-bond donors (Lipinski definition) is 1. The molecule has 0 heterocycles. The third-order valence-corrected chi connectivity index (χ3v) is 5.75. The Morgan fingerprint density at radius 3 is 2.40 bits per heavy atom. The largest absolute Gasteiger partial charge is 0.322 e. The highest BCUT2D eigenvalue weighted by Gasteiger charge is 2.23. The molecule has 0 saturated carbocycles. The highest BCUT2D eigenvalue weighted by Crippen LogP contribution is 2.19. The van der Waals surface area contributed by atoms with Crippen molar-refractivity contribution in [2.24, 2.45) is 0 Å². The number of hydrogen-bond acceptors (Lipinski definition) is 3. The minimum atomic E-state index is -3.81. The lowest BCUT2D eigenvalue weighted by atomic mass is 10.1. The summed E-state index contributed by atoms with van der Waals surface area (Å²) in [6.07, 6.45) is 0. The van der Waals surface area contributed by atoms with Crippen LogP contribution in [0.15, 0.2) is 41.3 Å². The van der Waals surface area contributed by atoms with E-state index in [4.69, 9.17) is 0 Å². The average molecular weight is 364 g/mol. The molecule has 0 saturated heterocycles. The molecule has 2 aromatic rings. The van der Waals surface area contributed by atoms with Crippen LogP contribution in [0.4, 0.5) is 10.1 Å². The van der Waals surface area contributed by atoms with Crippen LogP contribution in [0.25, 0.3) is 0 Å². The van der Waals surface area contributed by atoms with Crippen molar-refractivity contribution in [2.45, 2.75) is 25.7 Å². The van der Waals surface area contributed by atoms with Gasteiger partial charge in [0, 0.05) is 7.05 Å². The van der Waals surface area contributed by atoms with Crippen LogP contribution in [-0.2, 0) is 14.8 Å². The summed E-state index contributed by atoms with van der Waals surface area (Å²) in [6, 6.07) is 9.12. The maximum Gasteiger partial charge on any atom is 0.243 e. The minimum Gasteiger partial charge on any atom is -0.322 e. The van der Waals surface area contributed by atoms with Gasteiger partial charge >= 0.3 is 0 Å². The van der Waals surface area contributed by atoms with E-state index < -0.39 is 28.3 Å². The first-order chi connectivity index (χ1) is 11.6. The molecule has 0 radical (unpaired) electrons. The Morgan fingerprint density at radius 2 is 1.76 bits per heavy atom. The Hall–Kier alpha value is -2.25. The van der Waals surface area contributed by atoms with Gasteiger partial charge in [0.25, 0.3) is 0 Å². The molecule has 0 aliphatic carbocycles. The first-order valence-corrected chi connectivity index (χ1v) is 9.15. The van der Waals surface area contributed by atoms with Gasteiger partial charge in [0.1, 0.15) is 5.82 Å². The number of carbonyl (C=O) groups excluding carboxylic acids is 1. The summed E-state index contributed by atoms with van der Waals surface area (Å²) in [7, 11) is -2.49. The second kappa shape index (κ2) is 7.33. The van der Waals surface area contributed by atoms with Crippen LogP contribution < -0.4 is 5.32 Å². The van der Waals surface area contributed by atoms with Crippen LogP contribution in [-0.4, -0.2) is 32.2 Å². The maximum atomic E-state index is 13.7. The molecule has 0 aliphatic rings. The van der Waals surface area contributed by atoms with Crippen LogP contribution in [0.3, 0.4) is 0 Å².